The number of aryl methyl sites for hydroxylation is 2. The number of benzene rings is 1. The monoisotopic (exact) mass is 287 g/mol. The molecule has 1 amide bonds. The molecule has 0 bridgehead atoms. The quantitative estimate of drug-likeness (QED) is 0.730. The lowest BCUT2D eigenvalue weighted by Crippen LogP contribution is -2.22. The van der Waals surface area contributed by atoms with Crippen molar-refractivity contribution in [3.63, 3.8) is 0 Å². The molecular formula is C15H21N5O. The van der Waals surface area contributed by atoms with E-state index in [9.17, 15) is 4.79 Å². The van der Waals surface area contributed by atoms with Gasteiger partial charge in [-0.1, -0.05) is 0 Å². The van der Waals surface area contributed by atoms with Crippen molar-refractivity contribution in [2.75, 3.05) is 17.6 Å². The predicted octanol–water partition coefficient (Wildman–Crippen LogP) is 1.67. The molecule has 0 aliphatic rings. The van der Waals surface area contributed by atoms with Crippen LogP contribution >= 0.6 is 0 Å². The van der Waals surface area contributed by atoms with Gasteiger partial charge in [-0.15, -0.1) is 0 Å². The Labute approximate surface area is 124 Å². The largest absolute Gasteiger partial charge is 0.397 e. The molecular weight excluding hydrogens is 266 g/mol. The summed E-state index contributed by atoms with van der Waals surface area (Å²) in [5.74, 6) is -0.112. The minimum atomic E-state index is -0.112. The maximum absolute atomic E-state index is 11.7. The maximum atomic E-state index is 11.7. The molecule has 6 nitrogen and oxygen atoms in total. The van der Waals surface area contributed by atoms with E-state index in [0.717, 1.165) is 16.9 Å². The molecule has 0 radical (unpaired) electrons. The van der Waals surface area contributed by atoms with E-state index in [-0.39, 0.29) is 5.91 Å². The Morgan fingerprint density at radius 2 is 2.19 bits per heavy atom. The average molecular weight is 287 g/mol. The number of amides is 1. The van der Waals surface area contributed by atoms with Gasteiger partial charge < -0.3 is 16.4 Å². The summed E-state index contributed by atoms with van der Waals surface area (Å²) in [6, 6.07) is 5.27. The van der Waals surface area contributed by atoms with Crippen molar-refractivity contribution >= 4 is 17.3 Å². The van der Waals surface area contributed by atoms with E-state index >= 15 is 0 Å². The van der Waals surface area contributed by atoms with Gasteiger partial charge in [0.05, 0.1) is 17.1 Å². The lowest BCUT2D eigenvalue weighted by atomic mass is 10.1. The van der Waals surface area contributed by atoms with Gasteiger partial charge in [0.25, 0.3) is 5.91 Å². The minimum Gasteiger partial charge on any atom is -0.397 e. The van der Waals surface area contributed by atoms with Crippen LogP contribution in [0.3, 0.4) is 0 Å². The summed E-state index contributed by atoms with van der Waals surface area (Å²) in [4.78, 5) is 11.7. The fourth-order valence-corrected chi connectivity index (χ4v) is 2.14. The van der Waals surface area contributed by atoms with Gasteiger partial charge in [-0.05, 0) is 32.0 Å². The zero-order valence-corrected chi connectivity index (χ0v) is 12.6. The van der Waals surface area contributed by atoms with E-state index in [2.05, 4.69) is 15.7 Å². The molecule has 0 atom stereocenters. The fourth-order valence-electron chi connectivity index (χ4n) is 2.14. The molecule has 6 heteroatoms. The number of anilines is 2. The van der Waals surface area contributed by atoms with E-state index in [0.29, 0.717) is 24.3 Å². The second-order valence-corrected chi connectivity index (χ2v) is 4.93. The molecule has 0 spiro atoms. The van der Waals surface area contributed by atoms with E-state index in [1.54, 1.807) is 16.8 Å². The number of carbonyl (C=O) groups excluding carboxylic acids is 1. The highest BCUT2D eigenvalue weighted by Crippen LogP contribution is 2.21. The molecule has 4 N–H and O–H groups in total. The van der Waals surface area contributed by atoms with Crippen molar-refractivity contribution < 1.29 is 4.79 Å². The van der Waals surface area contributed by atoms with Crippen LogP contribution in [-0.2, 0) is 13.6 Å². The zero-order chi connectivity index (χ0) is 15.4. The summed E-state index contributed by atoms with van der Waals surface area (Å²) in [5.41, 5.74) is 10.0. The van der Waals surface area contributed by atoms with Crippen molar-refractivity contribution in [2.24, 2.45) is 7.05 Å². The molecule has 1 aromatic carbocycles. The van der Waals surface area contributed by atoms with E-state index in [4.69, 9.17) is 5.73 Å². The van der Waals surface area contributed by atoms with Gasteiger partial charge in [-0.2, -0.15) is 5.10 Å². The third kappa shape index (κ3) is 3.53. The Bertz CT molecular complexity index is 648. The van der Waals surface area contributed by atoms with Crippen molar-refractivity contribution in [3.05, 3.63) is 41.2 Å². The third-order valence-corrected chi connectivity index (χ3v) is 3.24. The minimum absolute atomic E-state index is 0.112. The summed E-state index contributed by atoms with van der Waals surface area (Å²) < 4.78 is 1.79. The number of nitrogens with two attached hydrogens (primary N) is 1. The smallest absolute Gasteiger partial charge is 0.251 e. The summed E-state index contributed by atoms with van der Waals surface area (Å²) in [6.07, 6.45) is 1.97. The highest BCUT2D eigenvalue weighted by molar-refractivity contribution is 5.96. The number of aromatic nitrogens is 2. The first-order valence-corrected chi connectivity index (χ1v) is 6.92. The van der Waals surface area contributed by atoms with Crippen LogP contribution in [0, 0.1) is 6.92 Å². The lowest BCUT2D eigenvalue weighted by molar-refractivity contribution is 0.0956. The molecule has 0 saturated heterocycles. The van der Waals surface area contributed by atoms with Crippen molar-refractivity contribution in [2.45, 2.75) is 20.4 Å². The Balaban J connectivity index is 2.07. The molecule has 0 aliphatic carbocycles. The van der Waals surface area contributed by atoms with E-state index in [1.807, 2.05) is 33.2 Å². The standard InChI is InChI=1S/C15H21N5O/c1-4-17-15(21)11-5-6-14(13(16)7-11)18-8-12-9-20(3)19-10(12)2/h5-7,9,18H,4,8,16H2,1-3H3,(H,17,21). The number of nitrogens with zero attached hydrogens (tertiary/aromatic N) is 2. The predicted molar refractivity (Wildman–Crippen MR) is 84.1 cm³/mol. The summed E-state index contributed by atoms with van der Waals surface area (Å²) in [7, 11) is 1.89. The Kier molecular flexibility index (Phi) is 4.47. The van der Waals surface area contributed by atoms with Crippen LogP contribution in [-0.4, -0.2) is 22.2 Å². The van der Waals surface area contributed by atoms with Crippen LogP contribution in [0.15, 0.2) is 24.4 Å². The number of hydrogen-bond donors (Lipinski definition) is 3. The number of carbonyl (C=O) groups is 1. The second kappa shape index (κ2) is 6.30. The van der Waals surface area contributed by atoms with Crippen molar-refractivity contribution in [1.82, 2.24) is 15.1 Å². The van der Waals surface area contributed by atoms with Crippen molar-refractivity contribution in [3.8, 4) is 0 Å². The molecule has 21 heavy (non-hydrogen) atoms. The first kappa shape index (κ1) is 14.9. The van der Waals surface area contributed by atoms with Gasteiger partial charge in [0.2, 0.25) is 0 Å². The summed E-state index contributed by atoms with van der Waals surface area (Å²) in [5, 5.41) is 10.3. The van der Waals surface area contributed by atoms with Gasteiger partial charge >= 0.3 is 0 Å². The molecule has 1 aromatic heterocycles. The van der Waals surface area contributed by atoms with Crippen LogP contribution in [0.2, 0.25) is 0 Å². The molecule has 2 rings (SSSR count). The molecule has 2 aromatic rings. The highest BCUT2D eigenvalue weighted by Gasteiger charge is 2.08. The fraction of sp³-hybridized carbons (Fsp3) is 0.333. The highest BCUT2D eigenvalue weighted by atomic mass is 16.1. The number of nitrogen functional groups attached to an aromatic ring is 1. The van der Waals surface area contributed by atoms with Crippen LogP contribution in [0.25, 0.3) is 0 Å². The number of nitrogens with one attached hydrogen (secondary N) is 2. The van der Waals surface area contributed by atoms with Crippen LogP contribution < -0.4 is 16.4 Å². The SMILES string of the molecule is CCNC(=O)c1ccc(NCc2cn(C)nc2C)c(N)c1. The normalized spacial score (nSPS) is 10.4. The van der Waals surface area contributed by atoms with Crippen LogP contribution in [0.4, 0.5) is 11.4 Å². The van der Waals surface area contributed by atoms with Gasteiger partial charge in [0.15, 0.2) is 0 Å². The second-order valence-electron chi connectivity index (χ2n) is 4.93. The third-order valence-electron chi connectivity index (χ3n) is 3.24. The Hall–Kier alpha value is -2.50. The Morgan fingerprint density at radius 1 is 1.43 bits per heavy atom. The van der Waals surface area contributed by atoms with Crippen LogP contribution in [0.1, 0.15) is 28.5 Å². The number of hydrogen-bond acceptors (Lipinski definition) is 4. The summed E-state index contributed by atoms with van der Waals surface area (Å²) >= 11 is 0. The average Bonchev–Trinajstić information content (AvgIpc) is 2.76. The Morgan fingerprint density at radius 3 is 2.76 bits per heavy atom. The van der Waals surface area contributed by atoms with E-state index in [1.165, 1.54) is 0 Å². The van der Waals surface area contributed by atoms with Gasteiger partial charge in [-0.25, -0.2) is 0 Å². The zero-order valence-electron chi connectivity index (χ0n) is 12.6. The lowest BCUT2D eigenvalue weighted by Gasteiger charge is -2.10. The molecule has 0 aliphatic heterocycles. The number of rotatable bonds is 5. The van der Waals surface area contributed by atoms with Gasteiger partial charge in [-0.3, -0.25) is 9.48 Å². The van der Waals surface area contributed by atoms with Gasteiger partial charge in [0, 0.05) is 37.5 Å². The molecule has 1 heterocycles. The summed E-state index contributed by atoms with van der Waals surface area (Å²) in [6.45, 7) is 5.09. The van der Waals surface area contributed by atoms with Gasteiger partial charge in [0.1, 0.15) is 0 Å². The van der Waals surface area contributed by atoms with Crippen LogP contribution in [0.5, 0.6) is 0 Å². The molecule has 0 unspecified atom stereocenters. The maximum Gasteiger partial charge on any atom is 0.251 e. The van der Waals surface area contributed by atoms with Crippen molar-refractivity contribution in [1.29, 1.82) is 0 Å². The van der Waals surface area contributed by atoms with E-state index < -0.39 is 0 Å². The molecule has 0 saturated carbocycles. The first-order valence-electron chi connectivity index (χ1n) is 6.92. The molecule has 0 fully saturated rings. The topological polar surface area (TPSA) is 85.0 Å². The first-order chi connectivity index (χ1) is 10.0. The molecule has 112 valence electrons.